The van der Waals surface area contributed by atoms with E-state index in [1.165, 1.54) is 11.3 Å². The zero-order valence-electron chi connectivity index (χ0n) is 12.0. The van der Waals surface area contributed by atoms with Crippen LogP contribution in [-0.4, -0.2) is 19.4 Å². The Hall–Kier alpha value is -1.28. The van der Waals surface area contributed by atoms with E-state index < -0.39 is 10.0 Å². The highest BCUT2D eigenvalue weighted by Gasteiger charge is 2.19. The molecule has 0 aliphatic heterocycles. The molecule has 7 heteroatoms. The maximum Gasteiger partial charge on any atom is 0.242 e. The van der Waals surface area contributed by atoms with Crippen LogP contribution in [0.25, 0.3) is 0 Å². The minimum absolute atomic E-state index is 0.262. The van der Waals surface area contributed by atoms with Gasteiger partial charge in [-0.15, -0.1) is 11.3 Å². The summed E-state index contributed by atoms with van der Waals surface area (Å²) in [6, 6.07) is 5.54. The van der Waals surface area contributed by atoms with Crippen LogP contribution in [0.15, 0.2) is 40.9 Å². The Morgan fingerprint density at radius 1 is 1.19 bits per heavy atom. The number of pyridine rings is 1. The largest absolute Gasteiger partial charge is 0.310 e. The van der Waals surface area contributed by atoms with Crippen LogP contribution in [-0.2, 0) is 23.1 Å². The lowest BCUT2D eigenvalue weighted by Crippen LogP contribution is -2.26. The molecule has 5 nitrogen and oxygen atoms in total. The summed E-state index contributed by atoms with van der Waals surface area (Å²) in [4.78, 5) is 5.09. The molecule has 0 atom stereocenters. The van der Waals surface area contributed by atoms with Crippen LogP contribution in [0.5, 0.6) is 0 Å². The van der Waals surface area contributed by atoms with Crippen molar-refractivity contribution in [1.29, 1.82) is 0 Å². The van der Waals surface area contributed by atoms with Crippen molar-refractivity contribution in [3.8, 4) is 0 Å². The summed E-state index contributed by atoms with van der Waals surface area (Å²) in [5, 5.41) is 5.05. The highest BCUT2D eigenvalue weighted by Crippen LogP contribution is 2.22. The average molecular weight is 325 g/mol. The zero-order valence-corrected chi connectivity index (χ0v) is 13.7. The average Bonchev–Trinajstić information content (AvgIpc) is 2.93. The first-order valence-corrected chi connectivity index (χ1v) is 9.03. The maximum atomic E-state index is 12.4. The molecule has 0 fully saturated rings. The predicted molar refractivity (Wildman–Crippen MR) is 84.6 cm³/mol. The molecule has 2 aromatic heterocycles. The van der Waals surface area contributed by atoms with Crippen LogP contribution in [0, 0.1) is 0 Å². The number of rotatable bonds is 7. The van der Waals surface area contributed by atoms with E-state index >= 15 is 0 Å². The number of sulfonamides is 1. The zero-order chi connectivity index (χ0) is 15.3. The second-order valence-electron chi connectivity index (χ2n) is 4.92. The summed E-state index contributed by atoms with van der Waals surface area (Å²) < 4.78 is 27.4. The third kappa shape index (κ3) is 4.60. The van der Waals surface area contributed by atoms with E-state index in [1.54, 1.807) is 36.0 Å². The normalized spacial score (nSPS) is 12.0. The standard InChI is InChI=1S/C14H19N3O2S2/c1-11(2)16-10-13-14(5-8-20-13)21(18,19)17-9-12-3-6-15-7-4-12/h3-8,11,16-17H,9-10H2,1-2H3. The van der Waals surface area contributed by atoms with E-state index in [9.17, 15) is 8.42 Å². The molecule has 0 unspecified atom stereocenters. The summed E-state index contributed by atoms with van der Waals surface area (Å²) in [6.45, 7) is 4.88. The Morgan fingerprint density at radius 2 is 1.90 bits per heavy atom. The summed E-state index contributed by atoms with van der Waals surface area (Å²) in [7, 11) is -3.49. The molecule has 0 aromatic carbocycles. The molecule has 21 heavy (non-hydrogen) atoms. The molecule has 2 N–H and O–H groups in total. The summed E-state index contributed by atoms with van der Waals surface area (Å²) in [5.74, 6) is 0. The lowest BCUT2D eigenvalue weighted by Gasteiger charge is -2.10. The van der Waals surface area contributed by atoms with Crippen LogP contribution >= 0.6 is 11.3 Å². The van der Waals surface area contributed by atoms with Crippen molar-refractivity contribution < 1.29 is 8.42 Å². The van der Waals surface area contributed by atoms with Gasteiger partial charge in [-0.25, -0.2) is 13.1 Å². The number of nitrogens with zero attached hydrogens (tertiary/aromatic N) is 1. The van der Waals surface area contributed by atoms with Gasteiger partial charge in [0.2, 0.25) is 10.0 Å². The molecule has 0 saturated heterocycles. The fraction of sp³-hybridized carbons (Fsp3) is 0.357. The number of nitrogens with one attached hydrogen (secondary N) is 2. The molecule has 0 bridgehead atoms. The minimum atomic E-state index is -3.49. The van der Waals surface area contributed by atoms with Crippen LogP contribution < -0.4 is 10.0 Å². The molecule has 0 aliphatic carbocycles. The highest BCUT2D eigenvalue weighted by atomic mass is 32.2. The number of thiophene rings is 1. The fourth-order valence-electron chi connectivity index (χ4n) is 1.75. The lowest BCUT2D eigenvalue weighted by atomic mass is 10.3. The SMILES string of the molecule is CC(C)NCc1sccc1S(=O)(=O)NCc1ccncc1. The fourth-order valence-corrected chi connectivity index (χ4v) is 4.16. The molecule has 0 spiro atoms. The van der Waals surface area contributed by atoms with Gasteiger partial charge in [-0.05, 0) is 29.1 Å². The molecule has 2 heterocycles. The van der Waals surface area contributed by atoms with Crippen molar-refractivity contribution in [2.45, 2.75) is 37.9 Å². The monoisotopic (exact) mass is 325 g/mol. The van der Waals surface area contributed by atoms with E-state index in [1.807, 2.05) is 13.8 Å². The molecular weight excluding hydrogens is 306 g/mol. The number of hydrogen-bond acceptors (Lipinski definition) is 5. The first-order chi connectivity index (χ1) is 9.99. The van der Waals surface area contributed by atoms with Gasteiger partial charge in [-0.1, -0.05) is 13.8 Å². The van der Waals surface area contributed by atoms with Gasteiger partial charge in [0.15, 0.2) is 0 Å². The van der Waals surface area contributed by atoms with Gasteiger partial charge in [0.05, 0.1) is 4.90 Å². The number of hydrogen-bond donors (Lipinski definition) is 2. The topological polar surface area (TPSA) is 71.1 Å². The summed E-state index contributed by atoms with van der Waals surface area (Å²) in [6.07, 6.45) is 3.29. The molecule has 0 radical (unpaired) electrons. The summed E-state index contributed by atoms with van der Waals surface area (Å²) >= 11 is 1.45. The third-order valence-corrected chi connectivity index (χ3v) is 5.42. The van der Waals surface area contributed by atoms with Crippen molar-refractivity contribution in [2.24, 2.45) is 0 Å². The molecule has 2 aromatic rings. The van der Waals surface area contributed by atoms with Crippen molar-refractivity contribution in [1.82, 2.24) is 15.0 Å². The summed E-state index contributed by atoms with van der Waals surface area (Å²) in [5.41, 5.74) is 0.880. The first-order valence-electron chi connectivity index (χ1n) is 6.67. The van der Waals surface area contributed by atoms with Crippen molar-refractivity contribution >= 4 is 21.4 Å². The van der Waals surface area contributed by atoms with Gasteiger partial charge >= 0.3 is 0 Å². The Kier molecular flexibility index (Phi) is 5.46. The van der Waals surface area contributed by atoms with Gasteiger partial charge in [0, 0.05) is 36.4 Å². The smallest absolute Gasteiger partial charge is 0.242 e. The van der Waals surface area contributed by atoms with E-state index in [4.69, 9.17) is 0 Å². The van der Waals surface area contributed by atoms with Crippen molar-refractivity contribution in [3.05, 3.63) is 46.4 Å². The van der Waals surface area contributed by atoms with Gasteiger partial charge < -0.3 is 5.32 Å². The van der Waals surface area contributed by atoms with Gasteiger partial charge in [-0.3, -0.25) is 4.98 Å². The van der Waals surface area contributed by atoms with E-state index in [-0.39, 0.29) is 6.54 Å². The quantitative estimate of drug-likeness (QED) is 0.818. The Bertz CT molecular complexity index is 667. The van der Waals surface area contributed by atoms with Gasteiger partial charge in [0.1, 0.15) is 0 Å². The second-order valence-corrected chi connectivity index (χ2v) is 7.66. The Labute approximate surface area is 129 Å². The van der Waals surface area contributed by atoms with Crippen LogP contribution in [0.1, 0.15) is 24.3 Å². The second kappa shape index (κ2) is 7.13. The Morgan fingerprint density at radius 3 is 2.57 bits per heavy atom. The predicted octanol–water partition coefficient (Wildman–Crippen LogP) is 2.12. The lowest BCUT2D eigenvalue weighted by molar-refractivity contribution is 0.571. The van der Waals surface area contributed by atoms with Gasteiger partial charge in [0.25, 0.3) is 0 Å². The van der Waals surface area contributed by atoms with Crippen LogP contribution in [0.3, 0.4) is 0 Å². The maximum absolute atomic E-state index is 12.4. The molecular formula is C14H19N3O2S2. The van der Waals surface area contributed by atoms with E-state index in [0.29, 0.717) is 17.5 Å². The Balaban J connectivity index is 2.07. The molecule has 0 saturated carbocycles. The molecule has 0 amide bonds. The minimum Gasteiger partial charge on any atom is -0.310 e. The first kappa shape index (κ1) is 16.1. The molecule has 2 rings (SSSR count). The molecule has 0 aliphatic rings. The van der Waals surface area contributed by atoms with E-state index in [0.717, 1.165) is 10.4 Å². The van der Waals surface area contributed by atoms with Crippen LogP contribution in [0.2, 0.25) is 0 Å². The van der Waals surface area contributed by atoms with Gasteiger partial charge in [-0.2, -0.15) is 0 Å². The molecule has 114 valence electrons. The van der Waals surface area contributed by atoms with Crippen molar-refractivity contribution in [2.75, 3.05) is 0 Å². The number of aromatic nitrogens is 1. The highest BCUT2D eigenvalue weighted by molar-refractivity contribution is 7.89. The van der Waals surface area contributed by atoms with Crippen LogP contribution in [0.4, 0.5) is 0 Å². The third-order valence-electron chi connectivity index (χ3n) is 2.88. The van der Waals surface area contributed by atoms with E-state index in [2.05, 4.69) is 15.0 Å². The van der Waals surface area contributed by atoms with Crippen molar-refractivity contribution in [3.63, 3.8) is 0 Å².